The fraction of sp³-hybridized carbons (Fsp3) is 0.0667. The molecule has 1 nitrogen and oxygen atoms in total. The van der Waals surface area contributed by atoms with Crippen molar-refractivity contribution in [2.45, 2.75) is 6.92 Å². The lowest BCUT2D eigenvalue weighted by Crippen LogP contribution is -1.93. The van der Waals surface area contributed by atoms with Gasteiger partial charge >= 0.3 is 0 Å². The molecular formula is C15H14BrN. The molecular weight excluding hydrogens is 274 g/mol. The summed E-state index contributed by atoms with van der Waals surface area (Å²) in [5, 5.41) is 1.23. The predicted molar refractivity (Wildman–Crippen MR) is 79.1 cm³/mol. The summed E-state index contributed by atoms with van der Waals surface area (Å²) in [6.07, 6.45) is 7.94. The van der Waals surface area contributed by atoms with Gasteiger partial charge in [0.25, 0.3) is 0 Å². The third kappa shape index (κ3) is 2.27. The van der Waals surface area contributed by atoms with Crippen LogP contribution in [0, 0.1) is 0 Å². The summed E-state index contributed by atoms with van der Waals surface area (Å²) in [6.45, 7) is 5.88. The van der Waals surface area contributed by atoms with Crippen LogP contribution in [-0.4, -0.2) is 4.57 Å². The Morgan fingerprint density at radius 2 is 2.06 bits per heavy atom. The van der Waals surface area contributed by atoms with Crippen LogP contribution in [0.1, 0.15) is 6.92 Å². The van der Waals surface area contributed by atoms with E-state index in [0.29, 0.717) is 0 Å². The lowest BCUT2D eigenvalue weighted by molar-refractivity contribution is 1.18. The summed E-state index contributed by atoms with van der Waals surface area (Å²) in [4.78, 5) is 0. The Morgan fingerprint density at radius 1 is 1.29 bits per heavy atom. The number of para-hydroxylation sites is 1. The first-order valence-corrected chi connectivity index (χ1v) is 6.28. The van der Waals surface area contributed by atoms with Crippen molar-refractivity contribution >= 4 is 32.5 Å². The first-order chi connectivity index (χ1) is 8.27. The summed E-state index contributed by atoms with van der Waals surface area (Å²) in [5.74, 6) is 0. The minimum Gasteiger partial charge on any atom is -0.315 e. The van der Waals surface area contributed by atoms with Crippen molar-refractivity contribution in [3.05, 3.63) is 65.8 Å². The standard InChI is InChI=1S/C15H14BrN/c1-3-7-13(16)14(4-2)17-11-10-12-8-5-6-9-15(12)17/h3-11H,2H2,1H3. The second kappa shape index (κ2) is 5.19. The fourth-order valence-electron chi connectivity index (χ4n) is 1.84. The summed E-state index contributed by atoms with van der Waals surface area (Å²) in [7, 11) is 0. The highest BCUT2D eigenvalue weighted by atomic mass is 79.9. The van der Waals surface area contributed by atoms with E-state index < -0.39 is 0 Å². The van der Waals surface area contributed by atoms with Crippen LogP contribution in [-0.2, 0) is 0 Å². The maximum absolute atomic E-state index is 3.88. The van der Waals surface area contributed by atoms with E-state index in [1.165, 1.54) is 10.9 Å². The number of hydrogen-bond donors (Lipinski definition) is 0. The van der Waals surface area contributed by atoms with Crippen molar-refractivity contribution in [2.75, 3.05) is 0 Å². The van der Waals surface area contributed by atoms with Crippen LogP contribution in [0.5, 0.6) is 0 Å². The third-order valence-corrected chi connectivity index (χ3v) is 3.28. The van der Waals surface area contributed by atoms with Crippen LogP contribution in [0.4, 0.5) is 0 Å². The van der Waals surface area contributed by atoms with Crippen molar-refractivity contribution < 1.29 is 0 Å². The maximum atomic E-state index is 3.88. The molecule has 1 aromatic carbocycles. The molecule has 0 saturated carbocycles. The molecule has 0 radical (unpaired) electrons. The zero-order chi connectivity index (χ0) is 12.3. The van der Waals surface area contributed by atoms with Crippen LogP contribution < -0.4 is 0 Å². The molecule has 1 heterocycles. The Morgan fingerprint density at radius 3 is 2.76 bits per heavy atom. The molecule has 0 saturated heterocycles. The van der Waals surface area contributed by atoms with Gasteiger partial charge in [-0.15, -0.1) is 0 Å². The molecule has 2 aromatic rings. The van der Waals surface area contributed by atoms with Crippen molar-refractivity contribution in [1.82, 2.24) is 4.57 Å². The van der Waals surface area contributed by atoms with Crippen LogP contribution in [0.15, 0.2) is 65.8 Å². The Balaban J connectivity index is 2.66. The Kier molecular flexibility index (Phi) is 3.64. The molecule has 0 unspecified atom stereocenters. The second-order valence-corrected chi connectivity index (χ2v) is 4.54. The maximum Gasteiger partial charge on any atom is 0.0591 e. The van der Waals surface area contributed by atoms with Gasteiger partial charge in [-0.2, -0.15) is 0 Å². The molecule has 0 spiro atoms. The van der Waals surface area contributed by atoms with Crippen LogP contribution in [0.25, 0.3) is 16.6 Å². The highest BCUT2D eigenvalue weighted by Crippen LogP contribution is 2.25. The van der Waals surface area contributed by atoms with Gasteiger partial charge in [-0.1, -0.05) is 36.9 Å². The minimum absolute atomic E-state index is 1.02. The van der Waals surface area contributed by atoms with Gasteiger partial charge in [-0.05, 0) is 46.4 Å². The van der Waals surface area contributed by atoms with E-state index in [4.69, 9.17) is 0 Å². The number of allylic oxidation sites excluding steroid dienone is 5. The zero-order valence-corrected chi connectivity index (χ0v) is 11.3. The van der Waals surface area contributed by atoms with Gasteiger partial charge in [0.15, 0.2) is 0 Å². The lowest BCUT2D eigenvalue weighted by atomic mass is 10.2. The van der Waals surface area contributed by atoms with Gasteiger partial charge in [-0.3, -0.25) is 0 Å². The van der Waals surface area contributed by atoms with Gasteiger partial charge in [0.1, 0.15) is 0 Å². The van der Waals surface area contributed by atoms with E-state index in [9.17, 15) is 0 Å². The van der Waals surface area contributed by atoms with Crippen molar-refractivity contribution in [3.63, 3.8) is 0 Å². The monoisotopic (exact) mass is 287 g/mol. The van der Waals surface area contributed by atoms with Crippen LogP contribution in [0.3, 0.4) is 0 Å². The fourth-order valence-corrected chi connectivity index (χ4v) is 2.45. The van der Waals surface area contributed by atoms with E-state index in [-0.39, 0.29) is 0 Å². The number of aromatic nitrogens is 1. The summed E-state index contributed by atoms with van der Waals surface area (Å²) < 4.78 is 3.16. The molecule has 2 heteroatoms. The number of benzene rings is 1. The van der Waals surface area contributed by atoms with Crippen molar-refractivity contribution in [2.24, 2.45) is 0 Å². The largest absolute Gasteiger partial charge is 0.315 e. The number of rotatable bonds is 3. The van der Waals surface area contributed by atoms with Gasteiger partial charge < -0.3 is 4.57 Å². The molecule has 1 aromatic heterocycles. The average molecular weight is 288 g/mol. The summed E-state index contributed by atoms with van der Waals surface area (Å²) >= 11 is 3.57. The number of nitrogens with zero attached hydrogens (tertiary/aromatic N) is 1. The predicted octanol–water partition coefficient (Wildman–Crippen LogP) is 4.97. The molecule has 0 fully saturated rings. The first kappa shape index (κ1) is 11.9. The number of fused-ring (bicyclic) bond motifs is 1. The summed E-state index contributed by atoms with van der Waals surface area (Å²) in [5.41, 5.74) is 2.23. The van der Waals surface area contributed by atoms with E-state index in [0.717, 1.165) is 10.2 Å². The first-order valence-electron chi connectivity index (χ1n) is 5.49. The quantitative estimate of drug-likeness (QED) is 0.703. The molecule has 17 heavy (non-hydrogen) atoms. The van der Waals surface area contributed by atoms with E-state index in [2.05, 4.69) is 51.5 Å². The third-order valence-electron chi connectivity index (χ3n) is 2.61. The molecule has 0 aliphatic carbocycles. The lowest BCUT2D eigenvalue weighted by Gasteiger charge is -2.08. The molecule has 86 valence electrons. The Bertz CT molecular complexity index is 602. The Hall–Kier alpha value is -1.54. The molecule has 0 atom stereocenters. The van der Waals surface area contributed by atoms with Crippen molar-refractivity contribution in [3.8, 4) is 0 Å². The van der Waals surface area contributed by atoms with Gasteiger partial charge in [0.05, 0.1) is 11.2 Å². The molecule has 0 amide bonds. The number of halogens is 1. The molecule has 0 aliphatic heterocycles. The highest BCUT2D eigenvalue weighted by molar-refractivity contribution is 9.12. The summed E-state index contributed by atoms with van der Waals surface area (Å²) in [6, 6.07) is 10.4. The normalized spacial score (nSPS) is 13.1. The van der Waals surface area contributed by atoms with Crippen molar-refractivity contribution in [1.29, 1.82) is 0 Å². The Labute approximate surface area is 110 Å². The van der Waals surface area contributed by atoms with E-state index >= 15 is 0 Å². The molecule has 0 N–H and O–H groups in total. The van der Waals surface area contributed by atoms with Crippen LogP contribution >= 0.6 is 15.9 Å². The SMILES string of the molecule is C=CC(=C(Br)C=CC)n1ccc2ccccc21. The van der Waals surface area contributed by atoms with E-state index in [1.54, 1.807) is 0 Å². The van der Waals surface area contributed by atoms with Gasteiger partial charge in [0, 0.05) is 10.7 Å². The molecule has 0 aliphatic rings. The topological polar surface area (TPSA) is 4.93 Å². The van der Waals surface area contributed by atoms with E-state index in [1.807, 2.05) is 37.3 Å². The van der Waals surface area contributed by atoms with Gasteiger partial charge in [-0.25, -0.2) is 0 Å². The molecule has 0 bridgehead atoms. The molecule has 2 rings (SSSR count). The second-order valence-electron chi connectivity index (χ2n) is 3.68. The smallest absolute Gasteiger partial charge is 0.0591 e. The van der Waals surface area contributed by atoms with Gasteiger partial charge in [0.2, 0.25) is 0 Å². The zero-order valence-electron chi connectivity index (χ0n) is 9.73. The van der Waals surface area contributed by atoms with Crippen LogP contribution in [0.2, 0.25) is 0 Å². The minimum atomic E-state index is 1.02. The average Bonchev–Trinajstić information content (AvgIpc) is 2.75. The highest BCUT2D eigenvalue weighted by Gasteiger charge is 2.04. The number of hydrogen-bond acceptors (Lipinski definition) is 0.